The van der Waals surface area contributed by atoms with E-state index < -0.39 is 11.7 Å². The van der Waals surface area contributed by atoms with Crippen molar-refractivity contribution in [2.45, 2.75) is 25.6 Å². The number of hydrogen-bond acceptors (Lipinski definition) is 4. The first-order chi connectivity index (χ1) is 8.37. The lowest BCUT2D eigenvalue weighted by atomic mass is 10.1. The lowest BCUT2D eigenvalue weighted by Crippen LogP contribution is -2.40. The number of ether oxygens (including phenoxy) is 1. The zero-order valence-electron chi connectivity index (χ0n) is 10.7. The van der Waals surface area contributed by atoms with E-state index in [1.807, 2.05) is 24.3 Å². The highest BCUT2D eigenvalue weighted by molar-refractivity contribution is 9.10. The third kappa shape index (κ3) is 6.96. The van der Waals surface area contributed by atoms with Crippen molar-refractivity contribution in [3.05, 3.63) is 28.7 Å². The molecule has 1 atom stereocenters. The van der Waals surface area contributed by atoms with E-state index in [0.717, 1.165) is 4.47 Å². The van der Waals surface area contributed by atoms with Gasteiger partial charge in [0.25, 0.3) is 0 Å². The Morgan fingerprint density at radius 2 is 2.17 bits per heavy atom. The Kier molecular flexibility index (Phi) is 6.08. The van der Waals surface area contributed by atoms with Crippen LogP contribution in [0.4, 0.5) is 0 Å². The molecule has 0 saturated heterocycles. The molecule has 0 heterocycles. The molecule has 0 aliphatic rings. The van der Waals surface area contributed by atoms with Crippen molar-refractivity contribution in [1.29, 1.82) is 0 Å². The Morgan fingerprint density at radius 3 is 2.78 bits per heavy atom. The fraction of sp³-hybridized carbons (Fsp3) is 0.538. The minimum absolute atomic E-state index is 0.218. The summed E-state index contributed by atoms with van der Waals surface area (Å²) in [4.78, 5) is 0. The summed E-state index contributed by atoms with van der Waals surface area (Å²) in [6, 6.07) is 7.46. The van der Waals surface area contributed by atoms with Gasteiger partial charge < -0.3 is 20.3 Å². The molecule has 102 valence electrons. The van der Waals surface area contributed by atoms with Gasteiger partial charge in [0.05, 0.1) is 5.60 Å². The maximum atomic E-state index is 9.70. The summed E-state index contributed by atoms with van der Waals surface area (Å²) in [6.07, 6.45) is -0.605. The van der Waals surface area contributed by atoms with Crippen LogP contribution in [0.1, 0.15) is 13.8 Å². The number of rotatable bonds is 7. The van der Waals surface area contributed by atoms with Gasteiger partial charge in [-0.05, 0) is 32.0 Å². The average molecular weight is 318 g/mol. The van der Waals surface area contributed by atoms with E-state index in [1.54, 1.807) is 13.8 Å². The van der Waals surface area contributed by atoms with Crippen molar-refractivity contribution in [2.75, 3.05) is 19.7 Å². The summed E-state index contributed by atoms with van der Waals surface area (Å²) < 4.78 is 6.39. The summed E-state index contributed by atoms with van der Waals surface area (Å²) in [5.74, 6) is 0.714. The van der Waals surface area contributed by atoms with Crippen LogP contribution >= 0.6 is 15.9 Å². The Hall–Kier alpha value is -0.620. The average Bonchev–Trinajstić information content (AvgIpc) is 2.25. The number of aliphatic hydroxyl groups excluding tert-OH is 1. The summed E-state index contributed by atoms with van der Waals surface area (Å²) in [7, 11) is 0. The minimum atomic E-state index is -0.773. The molecule has 1 rings (SSSR count). The molecule has 0 aliphatic carbocycles. The van der Waals surface area contributed by atoms with Gasteiger partial charge in [0.1, 0.15) is 18.5 Å². The van der Waals surface area contributed by atoms with Gasteiger partial charge in [-0.1, -0.05) is 22.0 Å². The van der Waals surface area contributed by atoms with Crippen LogP contribution in [-0.4, -0.2) is 41.6 Å². The number of halogens is 1. The standard InChI is InChI=1S/C13H20BrNO3/c1-13(2,17)9-15-7-11(16)8-18-12-5-3-4-10(14)6-12/h3-6,11,15-17H,7-9H2,1-2H3. The number of aliphatic hydroxyl groups is 2. The van der Waals surface area contributed by atoms with Crippen LogP contribution in [0.2, 0.25) is 0 Å². The number of nitrogens with one attached hydrogen (secondary N) is 1. The van der Waals surface area contributed by atoms with Gasteiger partial charge in [0.2, 0.25) is 0 Å². The summed E-state index contributed by atoms with van der Waals surface area (Å²) in [5.41, 5.74) is -0.773. The molecule has 0 saturated carbocycles. The number of benzene rings is 1. The van der Waals surface area contributed by atoms with E-state index in [-0.39, 0.29) is 6.61 Å². The molecule has 0 aromatic heterocycles. The van der Waals surface area contributed by atoms with Crippen molar-refractivity contribution in [3.63, 3.8) is 0 Å². The van der Waals surface area contributed by atoms with Crippen molar-refractivity contribution in [2.24, 2.45) is 0 Å². The first-order valence-corrected chi connectivity index (χ1v) is 6.66. The Bertz CT molecular complexity index is 365. The zero-order chi connectivity index (χ0) is 13.6. The molecule has 0 spiro atoms. The molecule has 18 heavy (non-hydrogen) atoms. The van der Waals surface area contributed by atoms with Gasteiger partial charge in [0.15, 0.2) is 0 Å². The maximum Gasteiger partial charge on any atom is 0.120 e. The Labute approximate surface area is 116 Å². The molecule has 5 heteroatoms. The molecule has 0 radical (unpaired) electrons. The second-order valence-electron chi connectivity index (χ2n) is 4.87. The Morgan fingerprint density at radius 1 is 1.44 bits per heavy atom. The first-order valence-electron chi connectivity index (χ1n) is 5.86. The van der Waals surface area contributed by atoms with Crippen LogP contribution in [0.25, 0.3) is 0 Å². The molecule has 1 aromatic carbocycles. The lowest BCUT2D eigenvalue weighted by molar-refractivity contribution is 0.0665. The smallest absolute Gasteiger partial charge is 0.120 e. The predicted molar refractivity (Wildman–Crippen MR) is 74.8 cm³/mol. The molecular formula is C13H20BrNO3. The van der Waals surface area contributed by atoms with E-state index in [4.69, 9.17) is 4.74 Å². The lowest BCUT2D eigenvalue weighted by Gasteiger charge is -2.19. The van der Waals surface area contributed by atoms with E-state index in [9.17, 15) is 10.2 Å². The predicted octanol–water partition coefficient (Wildman–Crippen LogP) is 1.55. The van der Waals surface area contributed by atoms with Gasteiger partial charge in [-0.3, -0.25) is 0 Å². The van der Waals surface area contributed by atoms with Gasteiger partial charge in [-0.15, -0.1) is 0 Å². The summed E-state index contributed by atoms with van der Waals surface area (Å²) in [6.45, 7) is 4.46. The second kappa shape index (κ2) is 7.09. The van der Waals surface area contributed by atoms with E-state index in [0.29, 0.717) is 18.8 Å². The van der Waals surface area contributed by atoms with E-state index in [2.05, 4.69) is 21.2 Å². The molecule has 0 bridgehead atoms. The monoisotopic (exact) mass is 317 g/mol. The molecule has 1 unspecified atom stereocenters. The van der Waals surface area contributed by atoms with E-state index in [1.165, 1.54) is 0 Å². The summed E-state index contributed by atoms with van der Waals surface area (Å²) in [5, 5.41) is 22.2. The number of hydrogen-bond donors (Lipinski definition) is 3. The normalized spacial score (nSPS) is 13.4. The van der Waals surface area contributed by atoms with Gasteiger partial charge >= 0.3 is 0 Å². The molecule has 0 fully saturated rings. The van der Waals surface area contributed by atoms with Crippen LogP contribution in [-0.2, 0) is 0 Å². The van der Waals surface area contributed by atoms with Crippen molar-refractivity contribution in [1.82, 2.24) is 5.32 Å². The molecular weight excluding hydrogens is 298 g/mol. The molecule has 1 aromatic rings. The molecule has 0 amide bonds. The quantitative estimate of drug-likeness (QED) is 0.714. The molecule has 0 aliphatic heterocycles. The van der Waals surface area contributed by atoms with Crippen molar-refractivity contribution >= 4 is 15.9 Å². The van der Waals surface area contributed by atoms with Crippen LogP contribution in [0.3, 0.4) is 0 Å². The van der Waals surface area contributed by atoms with Crippen molar-refractivity contribution < 1.29 is 14.9 Å². The third-order valence-electron chi connectivity index (χ3n) is 2.18. The zero-order valence-corrected chi connectivity index (χ0v) is 12.3. The van der Waals surface area contributed by atoms with Crippen LogP contribution < -0.4 is 10.1 Å². The highest BCUT2D eigenvalue weighted by Crippen LogP contribution is 2.17. The minimum Gasteiger partial charge on any atom is -0.491 e. The highest BCUT2D eigenvalue weighted by Gasteiger charge is 2.13. The van der Waals surface area contributed by atoms with Gasteiger partial charge in [-0.25, -0.2) is 0 Å². The van der Waals surface area contributed by atoms with Crippen LogP contribution in [0.15, 0.2) is 28.7 Å². The fourth-order valence-electron chi connectivity index (χ4n) is 1.35. The summed E-state index contributed by atoms with van der Waals surface area (Å²) >= 11 is 3.35. The first kappa shape index (κ1) is 15.4. The Balaban J connectivity index is 2.23. The fourth-order valence-corrected chi connectivity index (χ4v) is 1.73. The largest absolute Gasteiger partial charge is 0.491 e. The molecule has 3 N–H and O–H groups in total. The third-order valence-corrected chi connectivity index (χ3v) is 2.67. The SMILES string of the molecule is CC(C)(O)CNCC(O)COc1cccc(Br)c1. The van der Waals surface area contributed by atoms with Gasteiger partial charge in [-0.2, -0.15) is 0 Å². The second-order valence-corrected chi connectivity index (χ2v) is 5.78. The van der Waals surface area contributed by atoms with Gasteiger partial charge in [0, 0.05) is 17.6 Å². The van der Waals surface area contributed by atoms with Crippen LogP contribution in [0.5, 0.6) is 5.75 Å². The topological polar surface area (TPSA) is 61.7 Å². The van der Waals surface area contributed by atoms with Crippen molar-refractivity contribution in [3.8, 4) is 5.75 Å². The maximum absolute atomic E-state index is 9.70. The van der Waals surface area contributed by atoms with Crippen LogP contribution in [0, 0.1) is 0 Å². The highest BCUT2D eigenvalue weighted by atomic mass is 79.9. The van der Waals surface area contributed by atoms with E-state index >= 15 is 0 Å². The molecule has 4 nitrogen and oxygen atoms in total.